The molecule has 2 rings (SSSR count). The average molecular weight is 239 g/mol. The van der Waals surface area contributed by atoms with E-state index in [1.165, 1.54) is 0 Å². The van der Waals surface area contributed by atoms with Gasteiger partial charge in [0, 0.05) is 12.2 Å². The van der Waals surface area contributed by atoms with Gasteiger partial charge in [0.25, 0.3) is 0 Å². The van der Waals surface area contributed by atoms with Crippen LogP contribution in [-0.4, -0.2) is 6.41 Å². The van der Waals surface area contributed by atoms with Crippen LogP contribution in [0.3, 0.4) is 0 Å². The number of amides is 1. The predicted octanol–water partition coefficient (Wildman–Crippen LogP) is 2.22. The van der Waals surface area contributed by atoms with Crippen molar-refractivity contribution in [1.82, 2.24) is 0 Å². The Kier molecular flexibility index (Phi) is 4.10. The zero-order chi connectivity index (χ0) is 12.8. The SMILES string of the molecule is NCc1cccc(N([C]=O)Cc2ccccc2)c1. The Labute approximate surface area is 107 Å². The predicted molar refractivity (Wildman–Crippen MR) is 72.7 cm³/mol. The molecule has 2 aromatic rings. The van der Waals surface area contributed by atoms with Crippen LogP contribution in [0.5, 0.6) is 0 Å². The van der Waals surface area contributed by atoms with Crippen molar-refractivity contribution < 1.29 is 4.79 Å². The van der Waals surface area contributed by atoms with Crippen molar-refractivity contribution in [2.24, 2.45) is 5.73 Å². The lowest BCUT2D eigenvalue weighted by atomic mass is 10.1. The number of nitrogens with two attached hydrogens (primary N) is 1. The molecule has 0 heterocycles. The van der Waals surface area contributed by atoms with Crippen molar-refractivity contribution in [3.05, 3.63) is 65.7 Å². The number of anilines is 1. The van der Waals surface area contributed by atoms with Gasteiger partial charge in [-0.05, 0) is 23.3 Å². The Morgan fingerprint density at radius 1 is 1.00 bits per heavy atom. The number of benzene rings is 2. The van der Waals surface area contributed by atoms with Gasteiger partial charge < -0.3 is 5.73 Å². The number of nitrogens with zero attached hydrogens (tertiary/aromatic N) is 1. The summed E-state index contributed by atoms with van der Waals surface area (Å²) in [5.74, 6) is 0. The van der Waals surface area contributed by atoms with E-state index in [0.29, 0.717) is 13.1 Å². The maximum Gasteiger partial charge on any atom is 0.317 e. The molecule has 0 unspecified atom stereocenters. The summed E-state index contributed by atoms with van der Waals surface area (Å²) in [6.07, 6.45) is 1.96. The molecule has 3 heteroatoms. The van der Waals surface area contributed by atoms with Crippen molar-refractivity contribution in [3.63, 3.8) is 0 Å². The minimum atomic E-state index is 0.464. The van der Waals surface area contributed by atoms with Crippen molar-refractivity contribution in [2.45, 2.75) is 13.1 Å². The molecule has 1 amide bonds. The maximum absolute atomic E-state index is 11.1. The highest BCUT2D eigenvalue weighted by Crippen LogP contribution is 2.17. The van der Waals surface area contributed by atoms with E-state index in [9.17, 15) is 4.79 Å². The lowest BCUT2D eigenvalue weighted by Crippen LogP contribution is -2.20. The van der Waals surface area contributed by atoms with Gasteiger partial charge in [-0.15, -0.1) is 0 Å². The zero-order valence-corrected chi connectivity index (χ0v) is 10.0. The topological polar surface area (TPSA) is 46.3 Å². The quantitative estimate of drug-likeness (QED) is 0.813. The van der Waals surface area contributed by atoms with Crippen LogP contribution in [0.2, 0.25) is 0 Å². The third kappa shape index (κ3) is 2.96. The summed E-state index contributed by atoms with van der Waals surface area (Å²) in [4.78, 5) is 12.6. The van der Waals surface area contributed by atoms with E-state index < -0.39 is 0 Å². The normalized spacial score (nSPS) is 10.1. The second-order valence-corrected chi connectivity index (χ2v) is 4.04. The zero-order valence-electron chi connectivity index (χ0n) is 10.0. The second-order valence-electron chi connectivity index (χ2n) is 4.04. The van der Waals surface area contributed by atoms with Crippen molar-refractivity contribution in [3.8, 4) is 0 Å². The molecular formula is C15H15N2O. The summed E-state index contributed by atoms with van der Waals surface area (Å²) in [7, 11) is 0. The molecule has 2 N–H and O–H groups in total. The van der Waals surface area contributed by atoms with Crippen LogP contribution in [0, 0.1) is 0 Å². The average Bonchev–Trinajstić information content (AvgIpc) is 2.46. The van der Waals surface area contributed by atoms with Crippen LogP contribution in [0.15, 0.2) is 54.6 Å². The van der Waals surface area contributed by atoms with Crippen LogP contribution in [0.4, 0.5) is 5.69 Å². The molecule has 18 heavy (non-hydrogen) atoms. The minimum Gasteiger partial charge on any atom is -0.326 e. The van der Waals surface area contributed by atoms with Crippen LogP contribution < -0.4 is 10.6 Å². The van der Waals surface area contributed by atoms with E-state index in [2.05, 4.69) is 0 Å². The van der Waals surface area contributed by atoms with E-state index in [-0.39, 0.29) is 0 Å². The van der Waals surface area contributed by atoms with E-state index in [1.807, 2.05) is 61.0 Å². The Morgan fingerprint density at radius 3 is 2.39 bits per heavy atom. The Morgan fingerprint density at radius 2 is 1.72 bits per heavy atom. The van der Waals surface area contributed by atoms with Gasteiger partial charge in [0.05, 0.1) is 6.54 Å². The van der Waals surface area contributed by atoms with Crippen LogP contribution >= 0.6 is 0 Å². The molecule has 3 nitrogen and oxygen atoms in total. The Hall–Kier alpha value is -2.13. The largest absolute Gasteiger partial charge is 0.326 e. The highest BCUT2D eigenvalue weighted by atomic mass is 16.1. The van der Waals surface area contributed by atoms with Gasteiger partial charge in [-0.3, -0.25) is 9.69 Å². The smallest absolute Gasteiger partial charge is 0.317 e. The first kappa shape index (κ1) is 12.3. The molecule has 2 aromatic carbocycles. The third-order valence-corrected chi connectivity index (χ3v) is 2.75. The molecule has 0 aliphatic carbocycles. The van der Waals surface area contributed by atoms with E-state index >= 15 is 0 Å². The van der Waals surface area contributed by atoms with Gasteiger partial charge in [0.2, 0.25) is 0 Å². The van der Waals surface area contributed by atoms with Gasteiger partial charge in [-0.1, -0.05) is 42.5 Å². The summed E-state index contributed by atoms with van der Waals surface area (Å²) < 4.78 is 0. The fourth-order valence-electron chi connectivity index (χ4n) is 1.79. The summed E-state index contributed by atoms with van der Waals surface area (Å²) in [6.45, 7) is 0.976. The first-order valence-electron chi connectivity index (χ1n) is 5.81. The number of rotatable bonds is 5. The molecule has 1 radical (unpaired) electrons. The Balaban J connectivity index is 2.20. The van der Waals surface area contributed by atoms with E-state index in [0.717, 1.165) is 16.8 Å². The number of hydrogen-bond donors (Lipinski definition) is 1. The van der Waals surface area contributed by atoms with Gasteiger partial charge in [-0.2, -0.15) is 0 Å². The molecule has 91 valence electrons. The molecule has 0 atom stereocenters. The molecule has 0 aliphatic heterocycles. The van der Waals surface area contributed by atoms with Crippen LogP contribution in [-0.2, 0) is 17.9 Å². The van der Waals surface area contributed by atoms with Gasteiger partial charge in [0.1, 0.15) is 0 Å². The molecule has 0 spiro atoms. The molecule has 0 saturated carbocycles. The fraction of sp³-hybridized carbons (Fsp3) is 0.133. The minimum absolute atomic E-state index is 0.464. The maximum atomic E-state index is 11.1. The van der Waals surface area contributed by atoms with Crippen molar-refractivity contribution in [1.29, 1.82) is 0 Å². The second kappa shape index (κ2) is 5.98. The molecule has 0 bridgehead atoms. The number of carbonyl (C=O) groups excluding carboxylic acids is 1. The van der Waals surface area contributed by atoms with E-state index in [4.69, 9.17) is 5.73 Å². The molecule has 0 fully saturated rings. The first-order valence-corrected chi connectivity index (χ1v) is 5.81. The highest BCUT2D eigenvalue weighted by molar-refractivity contribution is 5.75. The summed E-state index contributed by atoms with van der Waals surface area (Å²) >= 11 is 0. The monoisotopic (exact) mass is 239 g/mol. The van der Waals surface area contributed by atoms with Gasteiger partial charge in [0.15, 0.2) is 0 Å². The van der Waals surface area contributed by atoms with Gasteiger partial charge in [-0.25, -0.2) is 0 Å². The lowest BCUT2D eigenvalue weighted by Gasteiger charge is -2.17. The van der Waals surface area contributed by atoms with Crippen LogP contribution in [0.25, 0.3) is 0 Å². The molecule has 0 aliphatic rings. The van der Waals surface area contributed by atoms with E-state index in [1.54, 1.807) is 4.90 Å². The highest BCUT2D eigenvalue weighted by Gasteiger charge is 2.07. The molecule has 0 aromatic heterocycles. The molecule has 0 saturated heterocycles. The van der Waals surface area contributed by atoms with Crippen molar-refractivity contribution in [2.75, 3.05) is 4.90 Å². The summed E-state index contributed by atoms with van der Waals surface area (Å²) in [5, 5.41) is 0. The lowest BCUT2D eigenvalue weighted by molar-refractivity contribution is 0.551. The van der Waals surface area contributed by atoms with Crippen LogP contribution in [0.1, 0.15) is 11.1 Å². The first-order chi connectivity index (χ1) is 8.83. The van der Waals surface area contributed by atoms with Gasteiger partial charge >= 0.3 is 6.41 Å². The number of hydrogen-bond acceptors (Lipinski definition) is 2. The third-order valence-electron chi connectivity index (χ3n) is 2.75. The Bertz CT molecular complexity index is 511. The standard InChI is InChI=1S/C15H15N2O/c16-10-14-7-4-8-15(9-14)17(12-18)11-13-5-2-1-3-6-13/h1-9H,10-11,16H2. The summed E-state index contributed by atoms with van der Waals surface area (Å²) in [5.41, 5.74) is 8.48. The summed E-state index contributed by atoms with van der Waals surface area (Å²) in [6, 6.07) is 17.5. The van der Waals surface area contributed by atoms with Crippen molar-refractivity contribution >= 4 is 12.1 Å². The fourth-order valence-corrected chi connectivity index (χ4v) is 1.79. The molecular weight excluding hydrogens is 224 g/mol.